The molecule has 0 saturated heterocycles. The van der Waals surface area contributed by atoms with Crippen LogP contribution in [0.1, 0.15) is 9.88 Å². The fourth-order valence-corrected chi connectivity index (χ4v) is 3.26. The van der Waals surface area contributed by atoms with Crippen molar-refractivity contribution in [2.45, 2.75) is 18.4 Å². The van der Waals surface area contributed by atoms with E-state index >= 15 is 0 Å². The van der Waals surface area contributed by atoms with E-state index in [9.17, 15) is 8.42 Å². The molecule has 0 aliphatic heterocycles. The summed E-state index contributed by atoms with van der Waals surface area (Å²) < 4.78 is 25.6. The van der Waals surface area contributed by atoms with Gasteiger partial charge in [0.1, 0.15) is 4.90 Å². The fourth-order valence-electron chi connectivity index (χ4n) is 1.69. The molecule has 1 aromatic heterocycles. The third-order valence-electron chi connectivity index (χ3n) is 2.70. The van der Waals surface area contributed by atoms with Crippen LogP contribution in [0.4, 0.5) is 11.4 Å². The van der Waals surface area contributed by atoms with Crippen molar-refractivity contribution >= 4 is 32.7 Å². The highest BCUT2D eigenvalue weighted by Crippen LogP contribution is 2.23. The Morgan fingerprint density at radius 3 is 2.70 bits per heavy atom. The quantitative estimate of drug-likeness (QED) is 0.728. The molecule has 1 heterocycles. The molecule has 0 amide bonds. The van der Waals surface area contributed by atoms with Gasteiger partial charge in [0.15, 0.2) is 0 Å². The topological polar surface area (TPSA) is 97.1 Å². The molecule has 4 N–H and O–H groups in total. The smallest absolute Gasteiger partial charge is 0.242 e. The summed E-state index contributed by atoms with van der Waals surface area (Å²) in [6, 6.07) is 4.79. The van der Waals surface area contributed by atoms with Gasteiger partial charge >= 0.3 is 0 Å². The summed E-state index contributed by atoms with van der Waals surface area (Å²) in [6.45, 7) is 2.58. The zero-order valence-electron chi connectivity index (χ0n) is 11.2. The minimum Gasteiger partial charge on any atom is -0.398 e. The Morgan fingerprint density at radius 1 is 1.40 bits per heavy atom. The summed E-state index contributed by atoms with van der Waals surface area (Å²) in [5, 5.41) is 4.20. The Morgan fingerprint density at radius 2 is 2.15 bits per heavy atom. The number of benzene rings is 1. The number of aromatic nitrogens is 1. The van der Waals surface area contributed by atoms with Crippen molar-refractivity contribution in [3.8, 4) is 0 Å². The average molecular weight is 312 g/mol. The maximum atomic E-state index is 11.7. The molecule has 1 aromatic carbocycles. The number of rotatable bonds is 5. The Hall–Kier alpha value is -1.64. The van der Waals surface area contributed by atoms with Crippen LogP contribution in [-0.2, 0) is 16.6 Å². The lowest BCUT2D eigenvalue weighted by Crippen LogP contribution is -2.19. The number of thiazole rings is 1. The second-order valence-corrected chi connectivity index (χ2v) is 7.33. The van der Waals surface area contributed by atoms with Crippen LogP contribution in [0.15, 0.2) is 29.3 Å². The Labute approximate surface area is 122 Å². The van der Waals surface area contributed by atoms with Crippen LogP contribution in [0.2, 0.25) is 0 Å². The number of nitrogens with two attached hydrogens (primary N) is 1. The zero-order valence-corrected chi connectivity index (χ0v) is 12.8. The van der Waals surface area contributed by atoms with Crippen LogP contribution in [0, 0.1) is 6.92 Å². The summed E-state index contributed by atoms with van der Waals surface area (Å²) >= 11 is 1.61. The predicted octanol–water partition coefficient (Wildman–Crippen LogP) is 1.55. The predicted molar refractivity (Wildman–Crippen MR) is 81.3 cm³/mol. The molecule has 0 saturated carbocycles. The van der Waals surface area contributed by atoms with E-state index in [-0.39, 0.29) is 10.6 Å². The fraction of sp³-hybridized carbons (Fsp3) is 0.250. The van der Waals surface area contributed by atoms with E-state index in [2.05, 4.69) is 15.0 Å². The molecule has 0 spiro atoms. The normalized spacial score (nSPS) is 11.5. The van der Waals surface area contributed by atoms with Gasteiger partial charge in [-0.25, -0.2) is 18.1 Å². The van der Waals surface area contributed by atoms with Gasteiger partial charge in [0.05, 0.1) is 17.2 Å². The van der Waals surface area contributed by atoms with Gasteiger partial charge in [-0.05, 0) is 32.2 Å². The lowest BCUT2D eigenvalue weighted by Gasteiger charge is -2.09. The summed E-state index contributed by atoms with van der Waals surface area (Å²) in [4.78, 5) is 5.36. The number of anilines is 2. The second-order valence-electron chi connectivity index (χ2n) is 4.16. The van der Waals surface area contributed by atoms with Crippen molar-refractivity contribution in [2.75, 3.05) is 18.1 Å². The number of hydrogen-bond acceptors (Lipinski definition) is 6. The van der Waals surface area contributed by atoms with E-state index in [1.165, 1.54) is 13.1 Å². The Balaban J connectivity index is 2.13. The molecule has 6 nitrogen and oxygen atoms in total. The van der Waals surface area contributed by atoms with E-state index in [4.69, 9.17) is 5.73 Å². The lowest BCUT2D eigenvalue weighted by atomic mass is 10.3. The molecule has 0 aliphatic carbocycles. The third kappa shape index (κ3) is 3.27. The number of nitrogens with zero attached hydrogens (tertiary/aromatic N) is 1. The SMILES string of the molecule is CNS(=O)(=O)c1ccc(NCc2cnc(C)s2)cc1N. The first-order chi connectivity index (χ1) is 9.42. The first-order valence-electron chi connectivity index (χ1n) is 5.90. The monoisotopic (exact) mass is 312 g/mol. The molecule has 20 heavy (non-hydrogen) atoms. The van der Waals surface area contributed by atoms with E-state index < -0.39 is 10.0 Å². The first kappa shape index (κ1) is 14.8. The molecular formula is C12H16N4O2S2. The van der Waals surface area contributed by atoms with Crippen molar-refractivity contribution in [3.05, 3.63) is 34.3 Å². The van der Waals surface area contributed by atoms with E-state index in [1.54, 1.807) is 23.5 Å². The van der Waals surface area contributed by atoms with Crippen molar-refractivity contribution < 1.29 is 8.42 Å². The van der Waals surface area contributed by atoms with Gasteiger partial charge in [0.2, 0.25) is 10.0 Å². The van der Waals surface area contributed by atoms with Crippen LogP contribution in [-0.4, -0.2) is 20.4 Å². The Bertz CT molecular complexity index is 710. The molecule has 0 fully saturated rings. The number of sulfonamides is 1. The molecule has 0 unspecified atom stereocenters. The maximum Gasteiger partial charge on any atom is 0.242 e. The van der Waals surface area contributed by atoms with Gasteiger partial charge in [-0.2, -0.15) is 0 Å². The minimum atomic E-state index is -3.52. The molecule has 0 aliphatic rings. The van der Waals surface area contributed by atoms with Gasteiger partial charge < -0.3 is 11.1 Å². The molecule has 108 valence electrons. The lowest BCUT2D eigenvalue weighted by molar-refractivity contribution is 0.588. The van der Waals surface area contributed by atoms with Crippen LogP contribution in [0.5, 0.6) is 0 Å². The first-order valence-corrected chi connectivity index (χ1v) is 8.20. The molecule has 0 radical (unpaired) electrons. The van der Waals surface area contributed by atoms with Gasteiger partial charge in [0.25, 0.3) is 0 Å². The van der Waals surface area contributed by atoms with Crippen LogP contribution in [0.3, 0.4) is 0 Å². The van der Waals surface area contributed by atoms with Crippen molar-refractivity contribution in [3.63, 3.8) is 0 Å². The maximum absolute atomic E-state index is 11.7. The number of aryl methyl sites for hydroxylation is 1. The highest BCUT2D eigenvalue weighted by atomic mass is 32.2. The second kappa shape index (κ2) is 5.78. The van der Waals surface area contributed by atoms with E-state index in [0.717, 1.165) is 15.6 Å². The standard InChI is InChI=1S/C12H16N4O2S2/c1-8-15-6-10(19-8)7-16-9-3-4-12(11(13)5-9)20(17,18)14-2/h3-6,14,16H,7,13H2,1-2H3. The van der Waals surface area contributed by atoms with Crippen molar-refractivity contribution in [2.24, 2.45) is 0 Å². The van der Waals surface area contributed by atoms with Gasteiger partial charge in [-0.3, -0.25) is 0 Å². The minimum absolute atomic E-state index is 0.0826. The molecule has 0 bridgehead atoms. The summed E-state index contributed by atoms with van der Waals surface area (Å²) in [6.07, 6.45) is 1.82. The zero-order chi connectivity index (χ0) is 14.8. The molecular weight excluding hydrogens is 296 g/mol. The molecule has 2 rings (SSSR count). The van der Waals surface area contributed by atoms with E-state index in [0.29, 0.717) is 6.54 Å². The number of nitrogens with one attached hydrogen (secondary N) is 2. The van der Waals surface area contributed by atoms with Gasteiger partial charge in [-0.15, -0.1) is 11.3 Å². The summed E-state index contributed by atoms with van der Waals surface area (Å²) in [5.74, 6) is 0. The number of hydrogen-bond donors (Lipinski definition) is 3. The molecule has 8 heteroatoms. The highest BCUT2D eigenvalue weighted by molar-refractivity contribution is 7.89. The van der Waals surface area contributed by atoms with Crippen LogP contribution >= 0.6 is 11.3 Å². The average Bonchev–Trinajstić information content (AvgIpc) is 2.82. The summed E-state index contributed by atoms with van der Waals surface area (Å²) in [7, 11) is -2.17. The third-order valence-corrected chi connectivity index (χ3v) is 5.10. The van der Waals surface area contributed by atoms with Crippen LogP contribution in [0.25, 0.3) is 0 Å². The van der Waals surface area contributed by atoms with Crippen molar-refractivity contribution in [1.29, 1.82) is 0 Å². The van der Waals surface area contributed by atoms with Crippen molar-refractivity contribution in [1.82, 2.24) is 9.71 Å². The Kier molecular flexibility index (Phi) is 4.26. The van der Waals surface area contributed by atoms with Gasteiger partial charge in [-0.1, -0.05) is 0 Å². The molecule has 0 atom stereocenters. The highest BCUT2D eigenvalue weighted by Gasteiger charge is 2.15. The largest absolute Gasteiger partial charge is 0.398 e. The van der Waals surface area contributed by atoms with E-state index in [1.807, 2.05) is 13.1 Å². The summed E-state index contributed by atoms with van der Waals surface area (Å²) in [5.41, 5.74) is 6.77. The molecule has 2 aromatic rings. The van der Waals surface area contributed by atoms with Gasteiger partial charge in [0, 0.05) is 16.8 Å². The number of nitrogen functional groups attached to an aromatic ring is 1. The van der Waals surface area contributed by atoms with Crippen LogP contribution < -0.4 is 15.8 Å².